The van der Waals surface area contributed by atoms with E-state index >= 15 is 0 Å². The molecular weight excluding hydrogens is 268 g/mol. The summed E-state index contributed by atoms with van der Waals surface area (Å²) in [6.07, 6.45) is 2.00. The number of rotatable bonds is 4. The van der Waals surface area contributed by atoms with E-state index in [1.807, 2.05) is 6.07 Å². The fourth-order valence-electron chi connectivity index (χ4n) is 2.30. The van der Waals surface area contributed by atoms with Gasteiger partial charge in [0, 0.05) is 37.2 Å². The number of aromatic nitrogens is 2. The molecule has 0 aromatic carbocycles. The van der Waals surface area contributed by atoms with Crippen LogP contribution in [0.4, 0.5) is 0 Å². The molecule has 2 fully saturated rings. The molecule has 2 heterocycles. The second-order valence-electron chi connectivity index (χ2n) is 5.18. The van der Waals surface area contributed by atoms with Crippen LogP contribution in [-0.4, -0.2) is 46.9 Å². The molecule has 1 aliphatic carbocycles. The summed E-state index contributed by atoms with van der Waals surface area (Å²) in [5.74, 6) is 0.493. The first kappa shape index (κ1) is 14.3. The molecule has 1 amide bonds. The van der Waals surface area contributed by atoms with Gasteiger partial charge >= 0.3 is 0 Å². The zero-order valence-corrected chi connectivity index (χ0v) is 11.4. The van der Waals surface area contributed by atoms with Gasteiger partial charge in [-0.3, -0.25) is 9.89 Å². The van der Waals surface area contributed by atoms with E-state index in [2.05, 4.69) is 20.8 Å². The Labute approximate surface area is 117 Å². The molecule has 1 aromatic heterocycles. The van der Waals surface area contributed by atoms with Crippen molar-refractivity contribution in [1.82, 2.24) is 20.8 Å². The second kappa shape index (κ2) is 5.90. The number of nitrogens with one attached hydrogen (secondary N) is 3. The van der Waals surface area contributed by atoms with Gasteiger partial charge < -0.3 is 15.7 Å². The predicted molar refractivity (Wildman–Crippen MR) is 72.5 cm³/mol. The summed E-state index contributed by atoms with van der Waals surface area (Å²) >= 11 is 0. The smallest absolute Gasteiger partial charge is 0.271 e. The molecule has 6 nitrogen and oxygen atoms in total. The minimum Gasteiger partial charge on any atom is -0.391 e. The van der Waals surface area contributed by atoms with Crippen LogP contribution in [0.15, 0.2) is 6.07 Å². The lowest BCUT2D eigenvalue weighted by atomic mass is 10.1. The van der Waals surface area contributed by atoms with E-state index < -0.39 is 0 Å². The number of carbonyl (C=O) groups is 1. The summed E-state index contributed by atoms with van der Waals surface area (Å²) in [6, 6.07) is 1.83. The largest absolute Gasteiger partial charge is 0.391 e. The Kier molecular flexibility index (Phi) is 4.44. The van der Waals surface area contributed by atoms with Gasteiger partial charge in [0.1, 0.15) is 5.69 Å². The number of carbonyl (C=O) groups excluding carboxylic acids is 1. The first-order valence-electron chi connectivity index (χ1n) is 6.46. The molecule has 1 saturated heterocycles. The quantitative estimate of drug-likeness (QED) is 0.628. The van der Waals surface area contributed by atoms with E-state index in [9.17, 15) is 9.90 Å². The molecule has 3 rings (SSSR count). The third-order valence-electron chi connectivity index (χ3n) is 3.68. The summed E-state index contributed by atoms with van der Waals surface area (Å²) in [4.78, 5) is 11.9. The third kappa shape index (κ3) is 3.26. The van der Waals surface area contributed by atoms with Gasteiger partial charge in [0.05, 0.1) is 6.10 Å². The van der Waals surface area contributed by atoms with Crippen molar-refractivity contribution in [2.45, 2.75) is 24.9 Å². The Morgan fingerprint density at radius 1 is 1.47 bits per heavy atom. The fourth-order valence-corrected chi connectivity index (χ4v) is 2.30. The normalized spacial score (nSPS) is 25.9. The number of amides is 1. The van der Waals surface area contributed by atoms with Crippen LogP contribution in [0.3, 0.4) is 0 Å². The highest BCUT2D eigenvalue weighted by Crippen LogP contribution is 2.38. The van der Waals surface area contributed by atoms with Crippen molar-refractivity contribution in [3.05, 3.63) is 17.5 Å². The van der Waals surface area contributed by atoms with Crippen molar-refractivity contribution in [3.63, 3.8) is 0 Å². The Hall–Kier alpha value is -1.11. The molecule has 1 saturated carbocycles. The lowest BCUT2D eigenvalue weighted by Crippen LogP contribution is -2.34. The van der Waals surface area contributed by atoms with Crippen LogP contribution in [-0.2, 0) is 0 Å². The number of aromatic amines is 1. The van der Waals surface area contributed by atoms with Crippen molar-refractivity contribution >= 4 is 18.3 Å². The van der Waals surface area contributed by atoms with Crippen LogP contribution in [0.25, 0.3) is 0 Å². The maximum absolute atomic E-state index is 11.9. The molecule has 4 N–H and O–H groups in total. The molecule has 0 bridgehead atoms. The van der Waals surface area contributed by atoms with E-state index in [1.165, 1.54) is 12.8 Å². The number of hydrogen-bond donors (Lipinski definition) is 4. The molecule has 19 heavy (non-hydrogen) atoms. The van der Waals surface area contributed by atoms with Crippen molar-refractivity contribution in [2.24, 2.45) is 5.92 Å². The van der Waals surface area contributed by atoms with Crippen LogP contribution in [0, 0.1) is 5.92 Å². The number of β-amino-alcohol motifs (C(OH)–C–C–N with tert-alkyl or cyclic N) is 1. The van der Waals surface area contributed by atoms with Gasteiger partial charge in [0.25, 0.3) is 5.91 Å². The molecule has 0 spiro atoms. The van der Waals surface area contributed by atoms with E-state index in [0.29, 0.717) is 24.7 Å². The van der Waals surface area contributed by atoms with Gasteiger partial charge in [0.15, 0.2) is 0 Å². The van der Waals surface area contributed by atoms with Crippen molar-refractivity contribution < 1.29 is 9.90 Å². The molecule has 0 radical (unpaired) electrons. The minimum absolute atomic E-state index is 0. The molecule has 1 aliphatic heterocycles. The maximum Gasteiger partial charge on any atom is 0.271 e. The highest BCUT2D eigenvalue weighted by atomic mass is 35.5. The zero-order chi connectivity index (χ0) is 12.5. The zero-order valence-electron chi connectivity index (χ0n) is 10.6. The Balaban J connectivity index is 0.00000133. The van der Waals surface area contributed by atoms with Crippen LogP contribution >= 0.6 is 12.4 Å². The topological polar surface area (TPSA) is 90.0 Å². The number of hydrogen-bond acceptors (Lipinski definition) is 4. The molecule has 106 valence electrons. The molecule has 1 aromatic rings. The third-order valence-corrected chi connectivity index (χ3v) is 3.68. The average molecular weight is 287 g/mol. The van der Waals surface area contributed by atoms with Gasteiger partial charge in [-0.2, -0.15) is 5.10 Å². The van der Waals surface area contributed by atoms with E-state index in [1.54, 1.807) is 0 Å². The van der Waals surface area contributed by atoms with Gasteiger partial charge in [0.2, 0.25) is 0 Å². The molecule has 2 aliphatic rings. The van der Waals surface area contributed by atoms with Gasteiger partial charge in [-0.25, -0.2) is 0 Å². The SMILES string of the molecule is Cl.O=C(NCC1CNCC1O)c1cc(C2CC2)[nH]n1. The second-order valence-corrected chi connectivity index (χ2v) is 5.18. The number of nitrogens with zero attached hydrogens (tertiary/aromatic N) is 1. The molecule has 2 atom stereocenters. The summed E-state index contributed by atoms with van der Waals surface area (Å²) < 4.78 is 0. The van der Waals surface area contributed by atoms with Crippen LogP contribution in [0.1, 0.15) is 34.9 Å². The summed E-state index contributed by atoms with van der Waals surface area (Å²) in [5, 5.41) is 22.5. The average Bonchev–Trinajstić information content (AvgIpc) is 2.95. The van der Waals surface area contributed by atoms with E-state index in [4.69, 9.17) is 0 Å². The lowest BCUT2D eigenvalue weighted by molar-refractivity contribution is 0.0922. The number of aliphatic hydroxyl groups excluding tert-OH is 1. The predicted octanol–water partition coefficient (Wildman–Crippen LogP) is 0.0190. The van der Waals surface area contributed by atoms with Crippen LogP contribution in [0.5, 0.6) is 0 Å². The highest BCUT2D eigenvalue weighted by molar-refractivity contribution is 5.92. The minimum atomic E-state index is -0.369. The lowest BCUT2D eigenvalue weighted by Gasteiger charge is -2.13. The summed E-state index contributed by atoms with van der Waals surface area (Å²) in [7, 11) is 0. The van der Waals surface area contributed by atoms with Gasteiger partial charge in [-0.15, -0.1) is 12.4 Å². The van der Waals surface area contributed by atoms with Crippen molar-refractivity contribution in [2.75, 3.05) is 19.6 Å². The number of halogens is 1. The molecule has 7 heteroatoms. The van der Waals surface area contributed by atoms with Crippen molar-refractivity contribution in [3.8, 4) is 0 Å². The Morgan fingerprint density at radius 2 is 2.26 bits per heavy atom. The maximum atomic E-state index is 11.9. The number of H-pyrrole nitrogens is 1. The van der Waals surface area contributed by atoms with Gasteiger partial charge in [-0.1, -0.05) is 0 Å². The molecule has 2 unspecified atom stereocenters. The number of aliphatic hydroxyl groups is 1. The summed E-state index contributed by atoms with van der Waals surface area (Å²) in [6.45, 7) is 1.84. The standard InChI is InChI=1S/C12H18N4O2.ClH/c17-11-6-13-4-8(11)5-14-12(18)10-3-9(15-16-10)7-1-2-7;/h3,7-8,11,13,17H,1-2,4-6H2,(H,14,18)(H,15,16);1H. The van der Waals surface area contributed by atoms with Crippen molar-refractivity contribution in [1.29, 1.82) is 0 Å². The van der Waals surface area contributed by atoms with Crippen LogP contribution in [0.2, 0.25) is 0 Å². The van der Waals surface area contributed by atoms with E-state index in [0.717, 1.165) is 12.2 Å². The summed E-state index contributed by atoms with van der Waals surface area (Å²) in [5.41, 5.74) is 1.50. The van der Waals surface area contributed by atoms with Crippen LogP contribution < -0.4 is 10.6 Å². The fraction of sp³-hybridized carbons (Fsp3) is 0.667. The first-order chi connectivity index (χ1) is 8.74. The Morgan fingerprint density at radius 3 is 2.89 bits per heavy atom. The highest BCUT2D eigenvalue weighted by Gasteiger charge is 2.28. The monoisotopic (exact) mass is 286 g/mol. The first-order valence-corrected chi connectivity index (χ1v) is 6.46. The van der Waals surface area contributed by atoms with Gasteiger partial charge in [-0.05, 0) is 18.9 Å². The Bertz CT molecular complexity index is 447. The molecular formula is C12H19ClN4O2. The van der Waals surface area contributed by atoms with E-state index in [-0.39, 0.29) is 30.3 Å².